The van der Waals surface area contributed by atoms with E-state index in [-0.39, 0.29) is 0 Å². The smallest absolute Gasteiger partial charge is 0.335 e. The molecule has 16 heavy (non-hydrogen) atoms. The highest BCUT2D eigenvalue weighted by molar-refractivity contribution is 5.89. The molecule has 1 N–H and O–H groups in total. The van der Waals surface area contributed by atoms with Gasteiger partial charge in [0.25, 0.3) is 0 Å². The van der Waals surface area contributed by atoms with Crippen molar-refractivity contribution in [2.24, 2.45) is 0 Å². The Balaban J connectivity index is 2.27. The van der Waals surface area contributed by atoms with Gasteiger partial charge in [0, 0.05) is 13.2 Å². The molecule has 3 heteroatoms. The van der Waals surface area contributed by atoms with Crippen LogP contribution < -0.4 is 0 Å². The molecule has 0 radical (unpaired) electrons. The van der Waals surface area contributed by atoms with Gasteiger partial charge in [0.05, 0.1) is 5.56 Å². The second-order valence-corrected chi connectivity index (χ2v) is 4.27. The van der Waals surface area contributed by atoms with Crippen molar-refractivity contribution in [3.05, 3.63) is 34.9 Å². The van der Waals surface area contributed by atoms with E-state index in [2.05, 4.69) is 0 Å². The number of hydrogen-bond donors (Lipinski definition) is 1. The zero-order chi connectivity index (χ0) is 11.5. The van der Waals surface area contributed by atoms with Crippen LogP contribution in [0, 0.1) is 6.92 Å². The number of aromatic carboxylic acids is 1. The lowest BCUT2D eigenvalue weighted by Gasteiger charge is -2.22. The fourth-order valence-corrected chi connectivity index (χ4v) is 2.15. The number of carboxylic acids is 1. The quantitative estimate of drug-likeness (QED) is 0.833. The Kier molecular flexibility index (Phi) is 3.25. The van der Waals surface area contributed by atoms with Crippen LogP contribution in [0.3, 0.4) is 0 Å². The van der Waals surface area contributed by atoms with Gasteiger partial charge in [-0.15, -0.1) is 0 Å². The van der Waals surface area contributed by atoms with E-state index in [4.69, 9.17) is 9.84 Å². The van der Waals surface area contributed by atoms with E-state index in [1.807, 2.05) is 25.1 Å². The molecule has 0 saturated carbocycles. The Bertz CT molecular complexity index is 392. The molecule has 0 spiro atoms. The van der Waals surface area contributed by atoms with E-state index in [1.165, 1.54) is 0 Å². The summed E-state index contributed by atoms with van der Waals surface area (Å²) in [5, 5.41) is 9.06. The first-order valence-corrected chi connectivity index (χ1v) is 5.60. The van der Waals surface area contributed by atoms with Crippen molar-refractivity contribution in [2.45, 2.75) is 25.7 Å². The maximum absolute atomic E-state index is 11.0. The summed E-state index contributed by atoms with van der Waals surface area (Å²) in [6, 6.07) is 5.75. The predicted molar refractivity (Wildman–Crippen MR) is 60.9 cm³/mol. The molecular formula is C13H16O3. The zero-order valence-electron chi connectivity index (χ0n) is 9.40. The first-order valence-electron chi connectivity index (χ1n) is 5.60. The lowest BCUT2D eigenvalue weighted by Crippen LogP contribution is -2.14. The van der Waals surface area contributed by atoms with E-state index in [9.17, 15) is 4.79 Å². The molecule has 2 rings (SSSR count). The van der Waals surface area contributed by atoms with Crippen molar-refractivity contribution in [3.8, 4) is 0 Å². The average Bonchev–Trinajstić information content (AvgIpc) is 2.30. The third-order valence-corrected chi connectivity index (χ3v) is 3.18. The molecule has 0 aromatic heterocycles. The van der Waals surface area contributed by atoms with Gasteiger partial charge in [-0.1, -0.05) is 12.1 Å². The highest BCUT2D eigenvalue weighted by Gasteiger charge is 2.17. The molecule has 1 heterocycles. The molecule has 1 aliphatic rings. The number of hydrogen-bond acceptors (Lipinski definition) is 2. The normalized spacial score (nSPS) is 17.3. The van der Waals surface area contributed by atoms with Crippen LogP contribution >= 0.6 is 0 Å². The average molecular weight is 220 g/mol. The fourth-order valence-electron chi connectivity index (χ4n) is 2.15. The molecule has 1 saturated heterocycles. The third-order valence-electron chi connectivity index (χ3n) is 3.18. The predicted octanol–water partition coefficient (Wildman–Crippen LogP) is 2.59. The van der Waals surface area contributed by atoms with E-state index in [0.29, 0.717) is 11.5 Å². The summed E-state index contributed by atoms with van der Waals surface area (Å²) in [5.74, 6) is -0.390. The molecule has 1 aromatic rings. The molecular weight excluding hydrogens is 204 g/mol. The molecule has 0 unspecified atom stereocenters. The Hall–Kier alpha value is -1.35. The van der Waals surface area contributed by atoms with Crippen molar-refractivity contribution >= 4 is 5.97 Å². The topological polar surface area (TPSA) is 46.5 Å². The summed E-state index contributed by atoms with van der Waals surface area (Å²) in [6.45, 7) is 3.39. The highest BCUT2D eigenvalue weighted by atomic mass is 16.5. The maximum atomic E-state index is 11.0. The van der Waals surface area contributed by atoms with Crippen LogP contribution in [0.25, 0.3) is 0 Å². The van der Waals surface area contributed by atoms with Crippen molar-refractivity contribution < 1.29 is 14.6 Å². The molecule has 1 aliphatic heterocycles. The Morgan fingerprint density at radius 1 is 1.38 bits per heavy atom. The number of benzene rings is 1. The number of ether oxygens (including phenoxy) is 1. The molecule has 0 bridgehead atoms. The zero-order valence-corrected chi connectivity index (χ0v) is 9.40. The number of carboxylic acid groups (broad SMARTS) is 1. The lowest BCUT2D eigenvalue weighted by molar-refractivity contribution is 0.0695. The maximum Gasteiger partial charge on any atom is 0.335 e. The van der Waals surface area contributed by atoms with E-state index in [1.54, 1.807) is 0 Å². The molecule has 3 nitrogen and oxygen atoms in total. The highest BCUT2D eigenvalue weighted by Crippen LogP contribution is 2.28. The summed E-state index contributed by atoms with van der Waals surface area (Å²) in [5.41, 5.74) is 2.37. The van der Waals surface area contributed by atoms with Crippen molar-refractivity contribution in [2.75, 3.05) is 13.2 Å². The van der Waals surface area contributed by atoms with Gasteiger partial charge >= 0.3 is 5.97 Å². The largest absolute Gasteiger partial charge is 0.478 e. The van der Waals surface area contributed by atoms with Crippen LogP contribution in [0.5, 0.6) is 0 Å². The fraction of sp³-hybridized carbons (Fsp3) is 0.462. The van der Waals surface area contributed by atoms with Gasteiger partial charge in [-0.05, 0) is 42.9 Å². The standard InChI is InChI=1S/C13H16O3/c1-9-2-3-11(8-12(9)13(14)15)10-4-6-16-7-5-10/h2-3,8,10H,4-7H2,1H3,(H,14,15). The Labute approximate surface area is 95.0 Å². The van der Waals surface area contributed by atoms with Crippen LogP contribution in [0.1, 0.15) is 40.2 Å². The third kappa shape index (κ3) is 2.25. The summed E-state index contributed by atoms with van der Waals surface area (Å²) in [7, 11) is 0. The Morgan fingerprint density at radius 3 is 2.69 bits per heavy atom. The van der Waals surface area contributed by atoms with Crippen molar-refractivity contribution in [1.82, 2.24) is 0 Å². The molecule has 0 amide bonds. The molecule has 0 aliphatic carbocycles. The SMILES string of the molecule is Cc1ccc(C2CCOCC2)cc1C(=O)O. The minimum Gasteiger partial charge on any atom is -0.478 e. The van der Waals surface area contributed by atoms with Crippen molar-refractivity contribution in [3.63, 3.8) is 0 Å². The van der Waals surface area contributed by atoms with Crippen LogP contribution in [0.15, 0.2) is 18.2 Å². The monoisotopic (exact) mass is 220 g/mol. The van der Waals surface area contributed by atoms with Gasteiger partial charge in [0.15, 0.2) is 0 Å². The lowest BCUT2D eigenvalue weighted by atomic mass is 9.89. The van der Waals surface area contributed by atoms with Gasteiger partial charge in [-0.3, -0.25) is 0 Å². The van der Waals surface area contributed by atoms with E-state index < -0.39 is 5.97 Å². The summed E-state index contributed by atoms with van der Waals surface area (Å²) >= 11 is 0. The molecule has 0 atom stereocenters. The molecule has 1 fully saturated rings. The van der Waals surface area contributed by atoms with Crippen LogP contribution in [0.4, 0.5) is 0 Å². The van der Waals surface area contributed by atoms with E-state index in [0.717, 1.165) is 37.2 Å². The number of rotatable bonds is 2. The molecule has 86 valence electrons. The van der Waals surface area contributed by atoms with Gasteiger partial charge < -0.3 is 9.84 Å². The molecule has 1 aromatic carbocycles. The van der Waals surface area contributed by atoms with Gasteiger partial charge in [-0.2, -0.15) is 0 Å². The Morgan fingerprint density at radius 2 is 2.06 bits per heavy atom. The van der Waals surface area contributed by atoms with Gasteiger partial charge in [0.2, 0.25) is 0 Å². The summed E-state index contributed by atoms with van der Waals surface area (Å²) < 4.78 is 5.31. The second-order valence-electron chi connectivity index (χ2n) is 4.27. The number of aryl methyl sites for hydroxylation is 1. The first-order chi connectivity index (χ1) is 7.68. The summed E-state index contributed by atoms with van der Waals surface area (Å²) in [6.07, 6.45) is 1.98. The van der Waals surface area contributed by atoms with Crippen molar-refractivity contribution in [1.29, 1.82) is 0 Å². The van der Waals surface area contributed by atoms with Crippen LogP contribution in [-0.2, 0) is 4.74 Å². The van der Waals surface area contributed by atoms with Gasteiger partial charge in [0.1, 0.15) is 0 Å². The van der Waals surface area contributed by atoms with Crippen LogP contribution in [-0.4, -0.2) is 24.3 Å². The minimum absolute atomic E-state index is 0.420. The van der Waals surface area contributed by atoms with Crippen LogP contribution in [0.2, 0.25) is 0 Å². The first kappa shape index (κ1) is 11.1. The second kappa shape index (κ2) is 4.66. The van der Waals surface area contributed by atoms with Gasteiger partial charge in [-0.25, -0.2) is 4.79 Å². The minimum atomic E-state index is -0.841. The number of carbonyl (C=O) groups is 1. The van der Waals surface area contributed by atoms with E-state index >= 15 is 0 Å². The summed E-state index contributed by atoms with van der Waals surface area (Å²) in [4.78, 5) is 11.0.